The van der Waals surface area contributed by atoms with E-state index in [1.807, 2.05) is 30.3 Å². The van der Waals surface area contributed by atoms with Crippen molar-refractivity contribution >= 4 is 5.91 Å². The normalized spacial score (nSPS) is 17.0. The minimum Gasteiger partial charge on any atom is -0.348 e. The summed E-state index contributed by atoms with van der Waals surface area (Å²) in [7, 11) is 0. The zero-order valence-electron chi connectivity index (χ0n) is 9.02. The summed E-state index contributed by atoms with van der Waals surface area (Å²) in [6.07, 6.45) is 0.111. The fourth-order valence-corrected chi connectivity index (χ4v) is 1.51. The van der Waals surface area contributed by atoms with Gasteiger partial charge in [0, 0.05) is 6.54 Å². The number of rotatable bonds is 3. The average Bonchev–Trinajstić information content (AvgIpc) is 2.38. The third-order valence-corrected chi connectivity index (χ3v) is 2.35. The molecule has 0 spiro atoms. The summed E-state index contributed by atoms with van der Waals surface area (Å²) in [6, 6.07) is 9.74. The van der Waals surface area contributed by atoms with Gasteiger partial charge in [-0.05, 0) is 12.0 Å². The van der Waals surface area contributed by atoms with Crippen LogP contribution in [0.4, 0.5) is 0 Å². The van der Waals surface area contributed by atoms with Gasteiger partial charge < -0.3 is 14.8 Å². The molecule has 1 fully saturated rings. The Kier molecular flexibility index (Phi) is 3.91. The molecule has 0 aromatic heterocycles. The molecule has 1 saturated heterocycles. The van der Waals surface area contributed by atoms with Crippen LogP contribution in [0.15, 0.2) is 30.3 Å². The molecule has 4 nitrogen and oxygen atoms in total. The van der Waals surface area contributed by atoms with Crippen molar-refractivity contribution in [1.29, 1.82) is 0 Å². The van der Waals surface area contributed by atoms with Gasteiger partial charge in [-0.1, -0.05) is 30.3 Å². The first kappa shape index (κ1) is 11.1. The van der Waals surface area contributed by atoms with E-state index in [-0.39, 0.29) is 5.91 Å². The van der Waals surface area contributed by atoms with Crippen LogP contribution in [0.2, 0.25) is 0 Å². The highest BCUT2D eigenvalue weighted by Crippen LogP contribution is 2.05. The van der Waals surface area contributed by atoms with Gasteiger partial charge in [0.15, 0.2) is 0 Å². The van der Waals surface area contributed by atoms with E-state index in [1.165, 1.54) is 0 Å². The van der Waals surface area contributed by atoms with Gasteiger partial charge in [-0.2, -0.15) is 0 Å². The molecule has 1 aromatic carbocycles. The third-order valence-electron chi connectivity index (χ3n) is 2.35. The molecular formula is C12H15NO3. The highest BCUT2D eigenvalue weighted by atomic mass is 16.7. The molecule has 0 atom stereocenters. The monoisotopic (exact) mass is 221 g/mol. The highest BCUT2D eigenvalue weighted by Gasteiger charge is 2.22. The van der Waals surface area contributed by atoms with E-state index in [1.54, 1.807) is 0 Å². The Balaban J connectivity index is 1.79. The lowest BCUT2D eigenvalue weighted by Crippen LogP contribution is -2.40. The quantitative estimate of drug-likeness (QED) is 0.830. The SMILES string of the molecule is O=C(NCc1ccccc1)C1OCCCO1. The van der Waals surface area contributed by atoms with Gasteiger partial charge in [0.05, 0.1) is 13.2 Å². The molecule has 1 aliphatic rings. The van der Waals surface area contributed by atoms with Gasteiger partial charge in [0.1, 0.15) is 0 Å². The summed E-state index contributed by atoms with van der Waals surface area (Å²) in [5.41, 5.74) is 1.06. The number of hydrogen-bond donors (Lipinski definition) is 1. The number of benzene rings is 1. The van der Waals surface area contributed by atoms with Gasteiger partial charge in [0.25, 0.3) is 5.91 Å². The molecule has 1 amide bonds. The maximum atomic E-state index is 11.6. The van der Waals surface area contributed by atoms with Crippen LogP contribution in [0.1, 0.15) is 12.0 Å². The van der Waals surface area contributed by atoms with Crippen molar-refractivity contribution in [3.05, 3.63) is 35.9 Å². The van der Waals surface area contributed by atoms with Gasteiger partial charge in [-0.25, -0.2) is 0 Å². The van der Waals surface area contributed by atoms with Gasteiger partial charge in [0.2, 0.25) is 6.29 Å². The Bertz CT molecular complexity index is 333. The molecule has 2 rings (SSSR count). The van der Waals surface area contributed by atoms with Gasteiger partial charge in [-0.15, -0.1) is 0 Å². The van der Waals surface area contributed by atoms with Crippen molar-refractivity contribution in [2.24, 2.45) is 0 Å². The van der Waals surface area contributed by atoms with Gasteiger partial charge >= 0.3 is 0 Å². The number of hydrogen-bond acceptors (Lipinski definition) is 3. The maximum absolute atomic E-state index is 11.6. The van der Waals surface area contributed by atoms with Crippen molar-refractivity contribution in [1.82, 2.24) is 5.32 Å². The Morgan fingerprint density at radius 2 is 1.94 bits per heavy atom. The molecule has 0 radical (unpaired) electrons. The van der Waals surface area contributed by atoms with Crippen LogP contribution in [0, 0.1) is 0 Å². The summed E-state index contributed by atoms with van der Waals surface area (Å²) >= 11 is 0. The van der Waals surface area contributed by atoms with E-state index in [2.05, 4.69) is 5.32 Å². The summed E-state index contributed by atoms with van der Waals surface area (Å²) in [5, 5.41) is 2.78. The lowest BCUT2D eigenvalue weighted by molar-refractivity contribution is -0.190. The van der Waals surface area contributed by atoms with E-state index in [0.717, 1.165) is 12.0 Å². The van der Waals surface area contributed by atoms with Crippen LogP contribution >= 0.6 is 0 Å². The van der Waals surface area contributed by atoms with Crippen LogP contribution in [0.3, 0.4) is 0 Å². The highest BCUT2D eigenvalue weighted by molar-refractivity contribution is 5.79. The van der Waals surface area contributed by atoms with Gasteiger partial charge in [-0.3, -0.25) is 4.79 Å². The molecule has 1 aromatic rings. The Morgan fingerprint density at radius 1 is 1.25 bits per heavy atom. The topological polar surface area (TPSA) is 47.6 Å². The van der Waals surface area contributed by atoms with E-state index < -0.39 is 6.29 Å². The van der Waals surface area contributed by atoms with Crippen molar-refractivity contribution in [2.75, 3.05) is 13.2 Å². The number of amides is 1. The van der Waals surface area contributed by atoms with Crippen LogP contribution in [0.5, 0.6) is 0 Å². The molecule has 4 heteroatoms. The first-order valence-corrected chi connectivity index (χ1v) is 5.41. The molecule has 0 bridgehead atoms. The summed E-state index contributed by atoms with van der Waals surface area (Å²) in [6.45, 7) is 1.68. The number of carbonyl (C=O) groups is 1. The Labute approximate surface area is 94.6 Å². The first-order valence-electron chi connectivity index (χ1n) is 5.41. The molecule has 1 N–H and O–H groups in total. The predicted octanol–water partition coefficient (Wildman–Crippen LogP) is 1.07. The molecule has 1 heterocycles. The smallest absolute Gasteiger partial charge is 0.277 e. The van der Waals surface area contributed by atoms with E-state index >= 15 is 0 Å². The lowest BCUT2D eigenvalue weighted by atomic mass is 10.2. The van der Waals surface area contributed by atoms with Crippen molar-refractivity contribution < 1.29 is 14.3 Å². The number of carbonyl (C=O) groups excluding carboxylic acids is 1. The fraction of sp³-hybridized carbons (Fsp3) is 0.417. The predicted molar refractivity (Wildman–Crippen MR) is 58.6 cm³/mol. The van der Waals surface area contributed by atoms with Crippen molar-refractivity contribution in [3.63, 3.8) is 0 Å². The minimum atomic E-state index is -0.738. The summed E-state index contributed by atoms with van der Waals surface area (Å²) in [4.78, 5) is 11.6. The summed E-state index contributed by atoms with van der Waals surface area (Å²) < 4.78 is 10.4. The van der Waals surface area contributed by atoms with Crippen LogP contribution in [0.25, 0.3) is 0 Å². The molecular weight excluding hydrogens is 206 g/mol. The standard InChI is InChI=1S/C12H15NO3/c14-11(12-15-7-4-8-16-12)13-9-10-5-2-1-3-6-10/h1-3,5-6,12H,4,7-9H2,(H,13,14). The fourth-order valence-electron chi connectivity index (χ4n) is 1.51. The third kappa shape index (κ3) is 3.05. The van der Waals surface area contributed by atoms with Crippen LogP contribution in [-0.4, -0.2) is 25.4 Å². The molecule has 0 unspecified atom stereocenters. The second kappa shape index (κ2) is 5.63. The second-order valence-corrected chi connectivity index (χ2v) is 3.63. The average molecular weight is 221 g/mol. The Morgan fingerprint density at radius 3 is 2.62 bits per heavy atom. The van der Waals surface area contributed by atoms with E-state index in [4.69, 9.17) is 9.47 Å². The second-order valence-electron chi connectivity index (χ2n) is 3.63. The van der Waals surface area contributed by atoms with Crippen LogP contribution < -0.4 is 5.32 Å². The zero-order valence-corrected chi connectivity index (χ0v) is 9.02. The molecule has 1 aliphatic heterocycles. The maximum Gasteiger partial charge on any atom is 0.277 e. The van der Waals surface area contributed by atoms with Crippen LogP contribution in [-0.2, 0) is 20.8 Å². The minimum absolute atomic E-state index is 0.205. The Hall–Kier alpha value is -1.39. The molecule has 86 valence electrons. The van der Waals surface area contributed by atoms with Crippen molar-refractivity contribution in [2.45, 2.75) is 19.3 Å². The van der Waals surface area contributed by atoms with E-state index in [0.29, 0.717) is 19.8 Å². The van der Waals surface area contributed by atoms with E-state index in [9.17, 15) is 4.79 Å². The largest absolute Gasteiger partial charge is 0.348 e. The zero-order chi connectivity index (χ0) is 11.2. The first-order chi connectivity index (χ1) is 7.86. The molecule has 0 aliphatic carbocycles. The molecule has 0 saturated carbocycles. The lowest BCUT2D eigenvalue weighted by Gasteiger charge is -2.22. The molecule has 16 heavy (non-hydrogen) atoms. The van der Waals surface area contributed by atoms with Crippen molar-refractivity contribution in [3.8, 4) is 0 Å². The number of nitrogens with one attached hydrogen (secondary N) is 1. The number of ether oxygens (including phenoxy) is 2. The summed E-state index contributed by atoms with van der Waals surface area (Å²) in [5.74, 6) is -0.205.